The molecule has 0 spiro atoms. The molecule has 0 amide bonds. The molecule has 0 bridgehead atoms. The van der Waals surface area contributed by atoms with E-state index in [0.717, 1.165) is 12.1 Å². The molecule has 3 N–H and O–H groups in total. The Morgan fingerprint density at radius 1 is 1.43 bits per heavy atom. The summed E-state index contributed by atoms with van der Waals surface area (Å²) in [5, 5.41) is 10.9. The van der Waals surface area contributed by atoms with E-state index in [0.29, 0.717) is 0 Å². The van der Waals surface area contributed by atoms with Crippen LogP contribution in [0.5, 0.6) is 0 Å². The second-order valence-corrected chi connectivity index (χ2v) is 6.76. The molecule has 3 rings (SSSR count). The third-order valence-corrected chi connectivity index (χ3v) is 4.53. The number of aromatic nitrogens is 2. The summed E-state index contributed by atoms with van der Waals surface area (Å²) in [6.07, 6.45) is 0. The average Bonchev–Trinajstić information content (AvgIpc) is 3.02. The van der Waals surface area contributed by atoms with Crippen LogP contribution in [-0.2, 0) is 4.57 Å². The van der Waals surface area contributed by atoms with Crippen molar-refractivity contribution in [3.05, 3.63) is 38.6 Å². The van der Waals surface area contributed by atoms with Crippen molar-refractivity contribution in [3.8, 4) is 11.6 Å². The van der Waals surface area contributed by atoms with Crippen LogP contribution in [0.2, 0.25) is 0 Å². The number of imidazole rings is 1. The number of furan rings is 1. The molecule has 2 heterocycles. The summed E-state index contributed by atoms with van der Waals surface area (Å²) in [4.78, 5) is 34.7. The molecule has 0 saturated heterocycles. The first-order valence-corrected chi connectivity index (χ1v) is 8.27. The van der Waals surface area contributed by atoms with Crippen molar-refractivity contribution in [2.45, 2.75) is 0 Å². The zero-order valence-electron chi connectivity index (χ0n) is 10.9. The quantitative estimate of drug-likeness (QED) is 0.345. The van der Waals surface area contributed by atoms with Crippen LogP contribution in [-0.4, -0.2) is 24.7 Å². The van der Waals surface area contributed by atoms with Gasteiger partial charge in [0, 0.05) is 6.07 Å². The van der Waals surface area contributed by atoms with Crippen LogP contribution < -0.4 is 5.50 Å². The van der Waals surface area contributed by atoms with Crippen LogP contribution >= 0.6 is 23.5 Å². The number of halogens is 2. The van der Waals surface area contributed by atoms with Crippen LogP contribution in [0.4, 0.5) is 10.1 Å². The Morgan fingerprint density at radius 2 is 2.13 bits per heavy atom. The highest BCUT2D eigenvalue weighted by Crippen LogP contribution is 2.37. The zero-order chi connectivity index (χ0) is 16.9. The zero-order valence-corrected chi connectivity index (χ0v) is 13.3. The summed E-state index contributed by atoms with van der Waals surface area (Å²) in [7, 11) is -4.56. The van der Waals surface area contributed by atoms with Gasteiger partial charge in [0.05, 0.1) is 16.0 Å². The Morgan fingerprint density at radius 3 is 2.70 bits per heavy atom. The Labute approximate surface area is 134 Å². The fraction of sp³-hybridized carbons (Fsp3) is 0. The van der Waals surface area contributed by atoms with Crippen LogP contribution in [0.3, 0.4) is 0 Å². The van der Waals surface area contributed by atoms with Crippen molar-refractivity contribution in [2.24, 2.45) is 0 Å². The first kappa shape index (κ1) is 15.8. The van der Waals surface area contributed by atoms with Gasteiger partial charge in [0.1, 0.15) is 4.47 Å². The van der Waals surface area contributed by atoms with Crippen LogP contribution in [0.1, 0.15) is 0 Å². The van der Waals surface area contributed by atoms with Crippen LogP contribution in [0, 0.1) is 15.9 Å². The Balaban J connectivity index is 2.18. The maximum atomic E-state index is 13.8. The summed E-state index contributed by atoms with van der Waals surface area (Å²) in [5.74, 6) is -1.03. The predicted molar refractivity (Wildman–Crippen MR) is 79.8 cm³/mol. The number of nitrogens with one attached hydrogen (secondary N) is 1. The number of nitro benzene ring substituents is 1. The minimum atomic E-state index is -4.56. The van der Waals surface area contributed by atoms with Crippen molar-refractivity contribution in [3.63, 3.8) is 0 Å². The molecule has 0 aliphatic heterocycles. The molecule has 12 heteroatoms. The standard InChI is InChI=1S/C11H6BrFN3O6P/c12-8-9-5(3-4(13)10(8)16(17)18)14-11(15-9)6-1-2-7(22-6)23(19,20)21/h1-3H,(H,14,15)(H2,19,20,21). The van der Waals surface area contributed by atoms with E-state index in [9.17, 15) is 19.1 Å². The molecule has 1 aromatic carbocycles. The lowest BCUT2D eigenvalue weighted by Gasteiger charge is -1.97. The topological polar surface area (TPSA) is 142 Å². The van der Waals surface area contributed by atoms with E-state index < -0.39 is 29.5 Å². The van der Waals surface area contributed by atoms with Gasteiger partial charge in [0.15, 0.2) is 11.6 Å². The average molecular weight is 406 g/mol. The molecule has 3 aromatic rings. The van der Waals surface area contributed by atoms with Gasteiger partial charge in [-0.05, 0) is 28.1 Å². The Bertz CT molecular complexity index is 993. The van der Waals surface area contributed by atoms with E-state index in [2.05, 4.69) is 25.9 Å². The number of hydrogen-bond donors (Lipinski definition) is 3. The lowest BCUT2D eigenvalue weighted by atomic mass is 10.2. The number of nitrogens with zero attached hydrogens (tertiary/aromatic N) is 2. The van der Waals surface area contributed by atoms with Gasteiger partial charge >= 0.3 is 13.3 Å². The number of nitro groups is 1. The van der Waals surface area contributed by atoms with Crippen molar-refractivity contribution in [1.29, 1.82) is 0 Å². The van der Waals surface area contributed by atoms with Gasteiger partial charge in [0.2, 0.25) is 11.3 Å². The van der Waals surface area contributed by atoms with E-state index in [1.54, 1.807) is 0 Å². The third kappa shape index (κ3) is 2.68. The van der Waals surface area contributed by atoms with Crippen LogP contribution in [0.15, 0.2) is 27.1 Å². The maximum Gasteiger partial charge on any atom is 0.391 e. The fourth-order valence-corrected chi connectivity index (χ4v) is 3.09. The molecule has 0 unspecified atom stereocenters. The monoisotopic (exact) mass is 405 g/mol. The molecule has 23 heavy (non-hydrogen) atoms. The van der Waals surface area contributed by atoms with Crippen molar-refractivity contribution < 1.29 is 28.1 Å². The van der Waals surface area contributed by atoms with Gasteiger partial charge in [-0.1, -0.05) is 0 Å². The predicted octanol–water partition coefficient (Wildman–Crippen LogP) is 2.44. The summed E-state index contributed by atoms with van der Waals surface area (Å²) < 4.78 is 29.7. The minimum absolute atomic E-state index is 0.00511. The molecule has 9 nitrogen and oxygen atoms in total. The van der Waals surface area contributed by atoms with Gasteiger partial charge < -0.3 is 19.2 Å². The largest absolute Gasteiger partial charge is 0.445 e. The van der Waals surface area contributed by atoms with E-state index in [1.165, 1.54) is 6.07 Å². The summed E-state index contributed by atoms with van der Waals surface area (Å²) in [6.45, 7) is 0. The molecule has 0 aliphatic rings. The second kappa shape index (κ2) is 5.24. The van der Waals surface area contributed by atoms with Gasteiger partial charge in [-0.15, -0.1) is 0 Å². The second-order valence-electron chi connectivity index (χ2n) is 4.44. The highest BCUT2D eigenvalue weighted by Gasteiger charge is 2.26. The summed E-state index contributed by atoms with van der Waals surface area (Å²) in [6, 6.07) is 3.23. The van der Waals surface area contributed by atoms with Crippen LogP contribution in [0.25, 0.3) is 22.6 Å². The number of fused-ring (bicyclic) bond motifs is 1. The summed E-state index contributed by atoms with van der Waals surface area (Å²) >= 11 is 2.95. The fourth-order valence-electron chi connectivity index (χ4n) is 1.97. The molecule has 120 valence electrons. The number of benzene rings is 1. The first-order valence-electron chi connectivity index (χ1n) is 5.87. The van der Waals surface area contributed by atoms with Gasteiger partial charge in [-0.3, -0.25) is 14.7 Å². The Hall–Kier alpha value is -2.07. The molecule has 0 fully saturated rings. The molecule has 0 aliphatic carbocycles. The van der Waals surface area contributed by atoms with Gasteiger partial charge in [-0.2, -0.15) is 4.39 Å². The normalized spacial score (nSPS) is 12.0. The van der Waals surface area contributed by atoms with E-state index in [4.69, 9.17) is 14.2 Å². The molecular weight excluding hydrogens is 400 g/mol. The van der Waals surface area contributed by atoms with Crippen molar-refractivity contribution >= 4 is 45.7 Å². The molecular formula is C11H6BrFN3O6P. The summed E-state index contributed by atoms with van der Waals surface area (Å²) in [5.41, 5.74) is -1.06. The number of H-pyrrole nitrogens is 1. The lowest BCUT2D eigenvalue weighted by Crippen LogP contribution is -1.98. The van der Waals surface area contributed by atoms with Crippen molar-refractivity contribution in [2.75, 3.05) is 0 Å². The maximum absolute atomic E-state index is 13.8. The molecule has 2 aromatic heterocycles. The first-order chi connectivity index (χ1) is 10.7. The van der Waals surface area contributed by atoms with E-state index in [1.807, 2.05) is 0 Å². The Kier molecular flexibility index (Phi) is 3.60. The lowest BCUT2D eigenvalue weighted by molar-refractivity contribution is -0.388. The van der Waals surface area contributed by atoms with Gasteiger partial charge in [-0.25, -0.2) is 4.98 Å². The molecule has 0 atom stereocenters. The highest BCUT2D eigenvalue weighted by molar-refractivity contribution is 9.10. The molecule has 0 saturated carbocycles. The van der Waals surface area contributed by atoms with Crippen molar-refractivity contribution in [1.82, 2.24) is 9.97 Å². The number of rotatable bonds is 3. The SMILES string of the molecule is O=[N+]([O-])c1c(F)cc2nc(-c3ccc(P(=O)(O)O)o3)[nH]c2c1Br. The van der Waals surface area contributed by atoms with E-state index in [-0.39, 0.29) is 27.1 Å². The highest BCUT2D eigenvalue weighted by atomic mass is 79.9. The van der Waals surface area contributed by atoms with Gasteiger partial charge in [0.25, 0.3) is 0 Å². The minimum Gasteiger partial charge on any atom is -0.445 e. The smallest absolute Gasteiger partial charge is 0.391 e. The number of hydrogen-bond acceptors (Lipinski definition) is 5. The number of aromatic amines is 1. The van der Waals surface area contributed by atoms with E-state index >= 15 is 0 Å². The third-order valence-electron chi connectivity index (χ3n) is 2.94. The molecule has 0 radical (unpaired) electrons.